The number of carboxylic acid groups (broad SMARTS) is 1. The van der Waals surface area contributed by atoms with Gasteiger partial charge in [0, 0.05) is 12.6 Å². The molecule has 1 saturated heterocycles. The molecule has 0 aromatic heterocycles. The largest absolute Gasteiger partial charge is 0.478 e. The lowest BCUT2D eigenvalue weighted by Crippen LogP contribution is -2.36. The highest BCUT2D eigenvalue weighted by Gasteiger charge is 2.18. The van der Waals surface area contributed by atoms with Crippen LogP contribution in [0, 0.1) is 0 Å². The topological polar surface area (TPSA) is 40.5 Å². The van der Waals surface area contributed by atoms with Crippen LogP contribution in [-0.4, -0.2) is 28.6 Å². The molecule has 17 heavy (non-hydrogen) atoms. The Balaban J connectivity index is 2.07. The lowest BCUT2D eigenvalue weighted by molar-refractivity contribution is 0.0696. The summed E-state index contributed by atoms with van der Waals surface area (Å²) in [7, 11) is 0. The SMILES string of the molecule is CC1CCCCN1Cc1cccc(C(=O)O)c1. The predicted octanol–water partition coefficient (Wildman–Crippen LogP) is 2.76. The molecule has 0 bridgehead atoms. The van der Waals surface area contributed by atoms with Crippen LogP contribution >= 0.6 is 0 Å². The summed E-state index contributed by atoms with van der Waals surface area (Å²) >= 11 is 0. The Morgan fingerprint density at radius 3 is 3.00 bits per heavy atom. The van der Waals surface area contributed by atoms with Crippen molar-refractivity contribution in [3.8, 4) is 0 Å². The fourth-order valence-electron chi connectivity index (χ4n) is 2.43. The molecular formula is C14H19NO2. The maximum atomic E-state index is 10.9. The summed E-state index contributed by atoms with van der Waals surface area (Å²) in [5, 5.41) is 8.95. The van der Waals surface area contributed by atoms with E-state index in [0.29, 0.717) is 11.6 Å². The molecule has 1 aromatic carbocycles. The molecular weight excluding hydrogens is 214 g/mol. The fraction of sp³-hybridized carbons (Fsp3) is 0.500. The molecule has 1 aromatic rings. The Kier molecular flexibility index (Phi) is 3.79. The quantitative estimate of drug-likeness (QED) is 0.872. The lowest BCUT2D eigenvalue weighted by Gasteiger charge is -2.33. The van der Waals surface area contributed by atoms with Gasteiger partial charge in [0.05, 0.1) is 5.56 Å². The van der Waals surface area contributed by atoms with E-state index in [0.717, 1.165) is 18.7 Å². The summed E-state index contributed by atoms with van der Waals surface area (Å²) in [4.78, 5) is 13.3. The molecule has 1 unspecified atom stereocenters. The summed E-state index contributed by atoms with van der Waals surface area (Å²) in [6, 6.07) is 7.87. The number of benzene rings is 1. The Morgan fingerprint density at radius 1 is 1.47 bits per heavy atom. The number of likely N-dealkylation sites (tertiary alicyclic amines) is 1. The second-order valence-electron chi connectivity index (χ2n) is 4.82. The minimum Gasteiger partial charge on any atom is -0.478 e. The van der Waals surface area contributed by atoms with E-state index in [4.69, 9.17) is 5.11 Å². The number of carboxylic acids is 1. The first-order valence-electron chi connectivity index (χ1n) is 6.23. The predicted molar refractivity (Wildman–Crippen MR) is 67.1 cm³/mol. The monoisotopic (exact) mass is 233 g/mol. The van der Waals surface area contributed by atoms with E-state index in [2.05, 4.69) is 11.8 Å². The fourth-order valence-corrected chi connectivity index (χ4v) is 2.43. The van der Waals surface area contributed by atoms with Gasteiger partial charge in [-0.25, -0.2) is 4.79 Å². The third kappa shape index (κ3) is 3.07. The van der Waals surface area contributed by atoms with E-state index in [1.165, 1.54) is 19.3 Å². The van der Waals surface area contributed by atoms with Crippen LogP contribution in [0.15, 0.2) is 24.3 Å². The number of carbonyl (C=O) groups is 1. The highest BCUT2D eigenvalue weighted by atomic mass is 16.4. The molecule has 0 spiro atoms. The summed E-state index contributed by atoms with van der Waals surface area (Å²) in [5.41, 5.74) is 1.48. The average molecular weight is 233 g/mol. The minimum absolute atomic E-state index is 0.382. The minimum atomic E-state index is -0.849. The first-order valence-corrected chi connectivity index (χ1v) is 6.23. The van der Waals surface area contributed by atoms with Crippen LogP contribution in [0.3, 0.4) is 0 Å². The Morgan fingerprint density at radius 2 is 2.29 bits per heavy atom. The average Bonchev–Trinajstić information content (AvgIpc) is 2.32. The standard InChI is InChI=1S/C14H19NO2/c1-11-5-2-3-8-15(11)10-12-6-4-7-13(9-12)14(16)17/h4,6-7,9,11H,2-3,5,8,10H2,1H3,(H,16,17). The molecule has 1 atom stereocenters. The van der Waals surface area contributed by atoms with Crippen LogP contribution in [0.5, 0.6) is 0 Å². The zero-order valence-corrected chi connectivity index (χ0v) is 10.2. The van der Waals surface area contributed by atoms with Crippen LogP contribution in [0.1, 0.15) is 42.1 Å². The van der Waals surface area contributed by atoms with E-state index in [9.17, 15) is 4.79 Å². The highest BCUT2D eigenvalue weighted by Crippen LogP contribution is 2.19. The van der Waals surface area contributed by atoms with Crippen molar-refractivity contribution in [3.63, 3.8) is 0 Å². The zero-order valence-electron chi connectivity index (χ0n) is 10.2. The van der Waals surface area contributed by atoms with Crippen LogP contribution in [0.4, 0.5) is 0 Å². The number of hydrogen-bond donors (Lipinski definition) is 1. The lowest BCUT2D eigenvalue weighted by atomic mass is 10.0. The normalized spacial score (nSPS) is 21.4. The highest BCUT2D eigenvalue weighted by molar-refractivity contribution is 5.87. The number of rotatable bonds is 3. The van der Waals surface area contributed by atoms with Gasteiger partial charge in [-0.3, -0.25) is 4.90 Å². The van der Waals surface area contributed by atoms with Crippen LogP contribution < -0.4 is 0 Å². The van der Waals surface area contributed by atoms with Gasteiger partial charge >= 0.3 is 5.97 Å². The molecule has 0 radical (unpaired) electrons. The maximum absolute atomic E-state index is 10.9. The summed E-state index contributed by atoms with van der Waals surface area (Å²) in [6.45, 7) is 4.24. The van der Waals surface area contributed by atoms with Gasteiger partial charge in [0.25, 0.3) is 0 Å². The number of nitrogens with zero attached hydrogens (tertiary/aromatic N) is 1. The van der Waals surface area contributed by atoms with Crippen molar-refractivity contribution in [1.82, 2.24) is 4.90 Å². The summed E-state index contributed by atoms with van der Waals surface area (Å²) < 4.78 is 0. The number of aromatic carboxylic acids is 1. The molecule has 1 fully saturated rings. The van der Waals surface area contributed by atoms with Gasteiger partial charge in [-0.15, -0.1) is 0 Å². The van der Waals surface area contributed by atoms with Gasteiger partial charge in [0.1, 0.15) is 0 Å². The van der Waals surface area contributed by atoms with Crippen molar-refractivity contribution in [2.24, 2.45) is 0 Å². The van der Waals surface area contributed by atoms with Crippen molar-refractivity contribution >= 4 is 5.97 Å². The Hall–Kier alpha value is -1.35. The molecule has 1 heterocycles. The second kappa shape index (κ2) is 5.32. The summed E-state index contributed by atoms with van der Waals surface area (Å²) in [6.07, 6.45) is 3.81. The van der Waals surface area contributed by atoms with Crippen molar-refractivity contribution in [1.29, 1.82) is 0 Å². The first kappa shape index (κ1) is 12.1. The zero-order chi connectivity index (χ0) is 12.3. The molecule has 0 aliphatic carbocycles. The van der Waals surface area contributed by atoms with Crippen molar-refractivity contribution in [2.75, 3.05) is 6.54 Å². The van der Waals surface area contributed by atoms with Crippen LogP contribution in [0.2, 0.25) is 0 Å². The molecule has 0 saturated carbocycles. The molecule has 1 aliphatic heterocycles. The third-order valence-electron chi connectivity index (χ3n) is 3.50. The number of hydrogen-bond acceptors (Lipinski definition) is 2. The molecule has 0 amide bonds. The Labute approximate surface area is 102 Å². The second-order valence-corrected chi connectivity index (χ2v) is 4.82. The van der Waals surface area contributed by atoms with Gasteiger partial charge in [-0.05, 0) is 44.0 Å². The van der Waals surface area contributed by atoms with E-state index in [1.807, 2.05) is 12.1 Å². The molecule has 3 heteroatoms. The van der Waals surface area contributed by atoms with Gasteiger partial charge in [-0.1, -0.05) is 18.6 Å². The molecule has 3 nitrogen and oxygen atoms in total. The van der Waals surface area contributed by atoms with Gasteiger partial charge in [0.2, 0.25) is 0 Å². The maximum Gasteiger partial charge on any atom is 0.335 e. The van der Waals surface area contributed by atoms with Crippen LogP contribution in [-0.2, 0) is 6.54 Å². The van der Waals surface area contributed by atoms with Crippen LogP contribution in [0.25, 0.3) is 0 Å². The van der Waals surface area contributed by atoms with Crippen molar-refractivity contribution in [2.45, 2.75) is 38.8 Å². The van der Waals surface area contributed by atoms with E-state index in [-0.39, 0.29) is 0 Å². The van der Waals surface area contributed by atoms with Crippen molar-refractivity contribution < 1.29 is 9.90 Å². The summed E-state index contributed by atoms with van der Waals surface area (Å²) in [5.74, 6) is -0.849. The van der Waals surface area contributed by atoms with Gasteiger partial charge in [-0.2, -0.15) is 0 Å². The third-order valence-corrected chi connectivity index (χ3v) is 3.50. The molecule has 1 aliphatic rings. The van der Waals surface area contributed by atoms with E-state index in [1.54, 1.807) is 12.1 Å². The van der Waals surface area contributed by atoms with Crippen molar-refractivity contribution in [3.05, 3.63) is 35.4 Å². The Bertz CT molecular complexity index is 403. The molecule has 2 rings (SSSR count). The molecule has 92 valence electrons. The van der Waals surface area contributed by atoms with Gasteiger partial charge in [0.15, 0.2) is 0 Å². The van der Waals surface area contributed by atoms with Gasteiger partial charge < -0.3 is 5.11 Å². The molecule has 1 N–H and O–H groups in total. The number of piperidine rings is 1. The van der Waals surface area contributed by atoms with E-state index < -0.39 is 5.97 Å². The first-order chi connectivity index (χ1) is 8.16. The smallest absolute Gasteiger partial charge is 0.335 e. The van der Waals surface area contributed by atoms with E-state index >= 15 is 0 Å².